The lowest BCUT2D eigenvalue weighted by atomic mass is 9.89. The van der Waals surface area contributed by atoms with E-state index < -0.39 is 0 Å². The summed E-state index contributed by atoms with van der Waals surface area (Å²) >= 11 is 1.75. The van der Waals surface area contributed by atoms with Gasteiger partial charge >= 0.3 is 0 Å². The van der Waals surface area contributed by atoms with Crippen LogP contribution >= 0.6 is 11.3 Å². The van der Waals surface area contributed by atoms with Crippen LogP contribution in [-0.4, -0.2) is 59.1 Å². The number of ether oxygens (including phenoxy) is 1. The van der Waals surface area contributed by atoms with Crippen LogP contribution in [-0.2, 0) is 11.3 Å². The number of aromatic nitrogens is 1. The van der Waals surface area contributed by atoms with Crippen molar-refractivity contribution in [3.63, 3.8) is 0 Å². The number of nitrogens with one attached hydrogen (secondary N) is 1. The van der Waals surface area contributed by atoms with Gasteiger partial charge in [0.25, 0.3) is 5.91 Å². The molecular formula is C18H23N3O2S. The number of piperidine rings is 1. The molecule has 4 rings (SSSR count). The van der Waals surface area contributed by atoms with Crippen LogP contribution in [0.2, 0.25) is 0 Å². The summed E-state index contributed by atoms with van der Waals surface area (Å²) in [5.41, 5.74) is 1.90. The van der Waals surface area contributed by atoms with Crippen molar-refractivity contribution in [3.05, 3.63) is 46.4 Å². The molecular weight excluding hydrogens is 322 g/mol. The summed E-state index contributed by atoms with van der Waals surface area (Å²) in [7, 11) is 0. The number of amides is 1. The van der Waals surface area contributed by atoms with Crippen LogP contribution in [0.3, 0.4) is 0 Å². The lowest BCUT2D eigenvalue weighted by molar-refractivity contribution is -0.128. The Morgan fingerprint density at radius 3 is 2.88 bits per heavy atom. The van der Waals surface area contributed by atoms with Crippen LogP contribution in [0.25, 0.3) is 0 Å². The second kappa shape index (κ2) is 6.70. The zero-order valence-corrected chi connectivity index (χ0v) is 14.6. The summed E-state index contributed by atoms with van der Waals surface area (Å²) in [5.74, 6) is 0.0865. The Kier molecular flexibility index (Phi) is 4.43. The highest BCUT2D eigenvalue weighted by Crippen LogP contribution is 2.31. The van der Waals surface area contributed by atoms with Gasteiger partial charge in [0.15, 0.2) is 0 Å². The van der Waals surface area contributed by atoms with Crippen LogP contribution < -0.4 is 0 Å². The predicted molar refractivity (Wildman–Crippen MR) is 94.2 cm³/mol. The fraction of sp³-hybridized carbons (Fsp3) is 0.500. The van der Waals surface area contributed by atoms with E-state index in [1.54, 1.807) is 17.5 Å². The number of carbonyl (C=O) groups excluding carboxylic acids is 1. The molecule has 0 saturated carbocycles. The minimum Gasteiger partial charge on any atom is -0.371 e. The van der Waals surface area contributed by atoms with Crippen molar-refractivity contribution < 1.29 is 9.53 Å². The standard InChI is InChI=1S/C18H23N3O2S/c22-17(16-2-1-6-19-16)21-9-10-23-18(14-21)4-7-20(8-5-18)12-15-3-11-24-13-15/h1-3,6,11,13,19H,4-5,7-10,12,14H2. The molecule has 2 aliphatic rings. The van der Waals surface area contributed by atoms with E-state index in [1.165, 1.54) is 5.56 Å². The number of morpholine rings is 1. The fourth-order valence-electron chi connectivity index (χ4n) is 3.71. The van der Waals surface area contributed by atoms with Crippen LogP contribution in [0.5, 0.6) is 0 Å². The summed E-state index contributed by atoms with van der Waals surface area (Å²) in [6, 6.07) is 5.91. The third-order valence-corrected chi connectivity index (χ3v) is 5.85. The number of carbonyl (C=O) groups is 1. The summed E-state index contributed by atoms with van der Waals surface area (Å²) < 4.78 is 6.16. The zero-order chi connectivity index (χ0) is 16.4. The average molecular weight is 345 g/mol. The number of aromatic amines is 1. The average Bonchev–Trinajstić information content (AvgIpc) is 3.30. The molecule has 1 N–H and O–H groups in total. The highest BCUT2D eigenvalue weighted by molar-refractivity contribution is 7.07. The quantitative estimate of drug-likeness (QED) is 0.930. The van der Waals surface area contributed by atoms with Gasteiger partial charge in [-0.1, -0.05) is 0 Å². The molecule has 5 nitrogen and oxygen atoms in total. The SMILES string of the molecule is O=C(c1ccc[nH]1)N1CCOC2(CCN(Cc3ccsc3)CC2)C1. The molecule has 2 aromatic rings. The molecule has 2 aliphatic heterocycles. The highest BCUT2D eigenvalue weighted by atomic mass is 32.1. The normalized spacial score (nSPS) is 21.2. The Balaban J connectivity index is 1.36. The van der Waals surface area contributed by atoms with Gasteiger partial charge in [-0.2, -0.15) is 11.3 Å². The smallest absolute Gasteiger partial charge is 0.270 e. The van der Waals surface area contributed by atoms with Gasteiger partial charge in [-0.3, -0.25) is 9.69 Å². The molecule has 24 heavy (non-hydrogen) atoms. The first-order valence-electron chi connectivity index (χ1n) is 8.54. The largest absolute Gasteiger partial charge is 0.371 e. The van der Waals surface area contributed by atoms with Gasteiger partial charge in [-0.25, -0.2) is 0 Å². The van der Waals surface area contributed by atoms with Crippen LogP contribution in [0.4, 0.5) is 0 Å². The molecule has 0 unspecified atom stereocenters. The van der Waals surface area contributed by atoms with Crippen molar-refractivity contribution in [2.24, 2.45) is 0 Å². The lowest BCUT2D eigenvalue weighted by Crippen LogP contribution is -2.57. The molecule has 0 aromatic carbocycles. The third-order valence-electron chi connectivity index (χ3n) is 5.12. The molecule has 0 radical (unpaired) electrons. The Labute approximate surface area is 146 Å². The lowest BCUT2D eigenvalue weighted by Gasteiger charge is -2.47. The first kappa shape index (κ1) is 15.9. The van der Waals surface area contributed by atoms with E-state index in [0.29, 0.717) is 25.4 Å². The van der Waals surface area contributed by atoms with Gasteiger partial charge in [0, 0.05) is 32.4 Å². The second-order valence-corrected chi connectivity index (χ2v) is 7.53. The second-order valence-electron chi connectivity index (χ2n) is 6.75. The Hall–Kier alpha value is -1.63. The number of thiophene rings is 1. The first-order chi connectivity index (χ1) is 11.7. The van der Waals surface area contributed by atoms with Crippen molar-refractivity contribution in [3.8, 4) is 0 Å². The molecule has 128 valence electrons. The third kappa shape index (κ3) is 3.27. The van der Waals surface area contributed by atoms with Gasteiger partial charge in [0.1, 0.15) is 5.69 Å². The summed E-state index contributed by atoms with van der Waals surface area (Å²) in [6.45, 7) is 5.10. The van der Waals surface area contributed by atoms with E-state index in [-0.39, 0.29) is 11.5 Å². The Morgan fingerprint density at radius 1 is 1.29 bits per heavy atom. The molecule has 1 amide bonds. The van der Waals surface area contributed by atoms with Crippen LogP contribution in [0.15, 0.2) is 35.2 Å². The molecule has 0 atom stereocenters. The maximum Gasteiger partial charge on any atom is 0.270 e. The number of nitrogens with zero attached hydrogens (tertiary/aromatic N) is 2. The molecule has 0 aliphatic carbocycles. The van der Waals surface area contributed by atoms with Gasteiger partial charge in [-0.15, -0.1) is 0 Å². The maximum atomic E-state index is 12.6. The fourth-order valence-corrected chi connectivity index (χ4v) is 4.37. The molecule has 4 heterocycles. The van der Waals surface area contributed by atoms with Crippen molar-refractivity contribution in [1.29, 1.82) is 0 Å². The molecule has 6 heteroatoms. The van der Waals surface area contributed by atoms with Crippen molar-refractivity contribution in [2.45, 2.75) is 25.0 Å². The van der Waals surface area contributed by atoms with Gasteiger partial charge < -0.3 is 14.6 Å². The summed E-state index contributed by atoms with van der Waals surface area (Å²) in [6.07, 6.45) is 3.78. The van der Waals surface area contributed by atoms with E-state index in [1.807, 2.05) is 17.0 Å². The van der Waals surface area contributed by atoms with E-state index in [2.05, 4.69) is 26.7 Å². The number of hydrogen-bond acceptors (Lipinski definition) is 4. The minimum atomic E-state index is -0.161. The minimum absolute atomic E-state index is 0.0865. The van der Waals surface area contributed by atoms with E-state index in [4.69, 9.17) is 4.74 Å². The molecule has 2 saturated heterocycles. The van der Waals surface area contributed by atoms with Crippen molar-refractivity contribution >= 4 is 17.2 Å². The predicted octanol–water partition coefficient (Wildman–Crippen LogP) is 2.58. The molecule has 1 spiro atoms. The van der Waals surface area contributed by atoms with Gasteiger partial charge in [-0.05, 0) is 47.4 Å². The van der Waals surface area contributed by atoms with E-state index in [0.717, 1.165) is 32.5 Å². The summed E-state index contributed by atoms with van der Waals surface area (Å²) in [4.78, 5) is 20.0. The zero-order valence-electron chi connectivity index (χ0n) is 13.7. The van der Waals surface area contributed by atoms with Crippen molar-refractivity contribution in [1.82, 2.24) is 14.8 Å². The number of rotatable bonds is 3. The van der Waals surface area contributed by atoms with Gasteiger partial charge in [0.2, 0.25) is 0 Å². The van der Waals surface area contributed by atoms with Crippen molar-refractivity contribution in [2.75, 3.05) is 32.8 Å². The Morgan fingerprint density at radius 2 is 2.17 bits per heavy atom. The molecule has 0 bridgehead atoms. The maximum absolute atomic E-state index is 12.6. The number of hydrogen-bond donors (Lipinski definition) is 1. The summed E-state index contributed by atoms with van der Waals surface area (Å²) in [5, 5.41) is 4.35. The van der Waals surface area contributed by atoms with E-state index in [9.17, 15) is 4.79 Å². The number of H-pyrrole nitrogens is 1. The first-order valence-corrected chi connectivity index (χ1v) is 9.48. The van der Waals surface area contributed by atoms with E-state index >= 15 is 0 Å². The number of likely N-dealkylation sites (tertiary alicyclic amines) is 1. The van der Waals surface area contributed by atoms with Crippen LogP contribution in [0, 0.1) is 0 Å². The topological polar surface area (TPSA) is 48.6 Å². The molecule has 2 fully saturated rings. The Bertz CT molecular complexity index is 661. The van der Waals surface area contributed by atoms with Gasteiger partial charge in [0.05, 0.1) is 18.8 Å². The van der Waals surface area contributed by atoms with Crippen LogP contribution in [0.1, 0.15) is 28.9 Å². The molecule has 2 aromatic heterocycles. The highest BCUT2D eigenvalue weighted by Gasteiger charge is 2.41. The monoisotopic (exact) mass is 345 g/mol.